The van der Waals surface area contributed by atoms with Crippen LogP contribution in [-0.2, 0) is 0 Å². The lowest BCUT2D eigenvalue weighted by atomic mass is 10.2. The molecule has 0 aliphatic carbocycles. The largest absolute Gasteiger partial charge is 0.465 e. The standard InChI is InChI=1S/C8H10N2O3S/c11-5-1-3-10(8(12)13)6(5)7-9-2-4-14-7/h2,4-6,11H,1,3H2,(H,12,13). The maximum Gasteiger partial charge on any atom is 0.407 e. The normalized spacial score (nSPS) is 26.8. The van der Waals surface area contributed by atoms with Gasteiger partial charge in [0.25, 0.3) is 0 Å². The van der Waals surface area contributed by atoms with Gasteiger partial charge in [0.15, 0.2) is 0 Å². The van der Waals surface area contributed by atoms with Crippen molar-refractivity contribution in [3.8, 4) is 0 Å². The minimum Gasteiger partial charge on any atom is -0.465 e. The highest BCUT2D eigenvalue weighted by molar-refractivity contribution is 7.09. The van der Waals surface area contributed by atoms with E-state index in [1.54, 1.807) is 11.6 Å². The van der Waals surface area contributed by atoms with Crippen molar-refractivity contribution < 1.29 is 15.0 Å². The minimum absolute atomic E-state index is 0.376. The molecule has 1 aromatic heterocycles. The molecule has 1 fully saturated rings. The van der Waals surface area contributed by atoms with Gasteiger partial charge >= 0.3 is 6.09 Å². The first-order valence-corrected chi connectivity index (χ1v) is 5.15. The number of aromatic nitrogens is 1. The molecule has 14 heavy (non-hydrogen) atoms. The Hall–Kier alpha value is -1.14. The van der Waals surface area contributed by atoms with Crippen LogP contribution in [0.5, 0.6) is 0 Å². The van der Waals surface area contributed by atoms with E-state index in [0.717, 1.165) is 0 Å². The zero-order valence-electron chi connectivity index (χ0n) is 7.33. The highest BCUT2D eigenvalue weighted by Crippen LogP contribution is 2.33. The Kier molecular flexibility index (Phi) is 2.39. The molecule has 2 N–H and O–H groups in total. The molecular weight excluding hydrogens is 204 g/mol. The minimum atomic E-state index is -0.998. The average molecular weight is 214 g/mol. The summed E-state index contributed by atoms with van der Waals surface area (Å²) < 4.78 is 0. The first-order chi connectivity index (χ1) is 6.70. The van der Waals surface area contributed by atoms with Crippen molar-refractivity contribution >= 4 is 17.4 Å². The Labute approximate surface area is 84.6 Å². The lowest BCUT2D eigenvalue weighted by Gasteiger charge is -2.21. The van der Waals surface area contributed by atoms with Crippen LogP contribution in [0.1, 0.15) is 17.5 Å². The van der Waals surface area contributed by atoms with E-state index in [-0.39, 0.29) is 0 Å². The first kappa shape index (κ1) is 9.42. The number of rotatable bonds is 1. The summed E-state index contributed by atoms with van der Waals surface area (Å²) in [5.74, 6) is 0. The summed E-state index contributed by atoms with van der Waals surface area (Å²) in [6.07, 6.45) is 0.473. The number of amides is 1. The average Bonchev–Trinajstić information content (AvgIpc) is 2.71. The Morgan fingerprint density at radius 3 is 3.07 bits per heavy atom. The molecule has 2 rings (SSSR count). The zero-order valence-corrected chi connectivity index (χ0v) is 8.15. The molecule has 0 radical (unpaired) electrons. The third kappa shape index (κ3) is 1.46. The molecule has 0 spiro atoms. The van der Waals surface area contributed by atoms with E-state index in [1.165, 1.54) is 16.2 Å². The van der Waals surface area contributed by atoms with Crippen molar-refractivity contribution in [2.24, 2.45) is 0 Å². The van der Waals surface area contributed by atoms with Crippen LogP contribution in [0.15, 0.2) is 11.6 Å². The van der Waals surface area contributed by atoms with E-state index in [2.05, 4.69) is 4.98 Å². The summed E-state index contributed by atoms with van der Waals surface area (Å²) in [6, 6.07) is -0.479. The van der Waals surface area contributed by atoms with Crippen LogP contribution in [-0.4, -0.2) is 38.8 Å². The number of aliphatic hydroxyl groups is 1. The maximum atomic E-state index is 10.8. The van der Waals surface area contributed by atoms with Crippen LogP contribution in [0, 0.1) is 0 Å². The molecular formula is C8H10N2O3S. The van der Waals surface area contributed by atoms with Gasteiger partial charge in [-0.25, -0.2) is 9.78 Å². The second-order valence-electron chi connectivity index (χ2n) is 3.15. The number of hydrogen-bond acceptors (Lipinski definition) is 4. The van der Waals surface area contributed by atoms with Crippen LogP contribution < -0.4 is 0 Å². The number of likely N-dealkylation sites (tertiary alicyclic amines) is 1. The van der Waals surface area contributed by atoms with Crippen molar-refractivity contribution in [3.05, 3.63) is 16.6 Å². The first-order valence-electron chi connectivity index (χ1n) is 4.27. The Morgan fingerprint density at radius 1 is 1.71 bits per heavy atom. The fourth-order valence-electron chi connectivity index (χ4n) is 1.67. The van der Waals surface area contributed by atoms with E-state index in [9.17, 15) is 9.90 Å². The number of aliphatic hydroxyl groups excluding tert-OH is 1. The molecule has 1 aliphatic heterocycles. The van der Waals surface area contributed by atoms with Gasteiger partial charge in [0.2, 0.25) is 0 Å². The third-order valence-electron chi connectivity index (χ3n) is 2.32. The third-order valence-corrected chi connectivity index (χ3v) is 3.16. The number of thiazole rings is 1. The van der Waals surface area contributed by atoms with E-state index >= 15 is 0 Å². The maximum absolute atomic E-state index is 10.8. The molecule has 2 atom stereocenters. The highest BCUT2D eigenvalue weighted by atomic mass is 32.1. The van der Waals surface area contributed by atoms with Crippen molar-refractivity contribution in [1.82, 2.24) is 9.88 Å². The Bertz CT molecular complexity index is 327. The molecule has 1 saturated heterocycles. The van der Waals surface area contributed by atoms with Gasteiger partial charge in [-0.3, -0.25) is 4.90 Å². The molecule has 2 heterocycles. The molecule has 5 nitrogen and oxygen atoms in total. The summed E-state index contributed by atoms with van der Waals surface area (Å²) in [6.45, 7) is 0.376. The number of carbonyl (C=O) groups is 1. The summed E-state index contributed by atoms with van der Waals surface area (Å²) in [5.41, 5.74) is 0. The van der Waals surface area contributed by atoms with E-state index in [1.807, 2.05) is 0 Å². The van der Waals surface area contributed by atoms with Crippen LogP contribution in [0.3, 0.4) is 0 Å². The number of carboxylic acid groups (broad SMARTS) is 1. The lowest BCUT2D eigenvalue weighted by Crippen LogP contribution is -2.31. The summed E-state index contributed by atoms with van der Waals surface area (Å²) in [5, 5.41) is 21.0. The zero-order chi connectivity index (χ0) is 10.1. The smallest absolute Gasteiger partial charge is 0.407 e. The van der Waals surface area contributed by atoms with Crippen LogP contribution in [0.4, 0.5) is 4.79 Å². The number of hydrogen-bond donors (Lipinski definition) is 2. The van der Waals surface area contributed by atoms with Crippen molar-refractivity contribution in [3.63, 3.8) is 0 Å². The van der Waals surface area contributed by atoms with E-state index in [4.69, 9.17) is 5.11 Å². The predicted molar refractivity (Wildman–Crippen MR) is 50.2 cm³/mol. The van der Waals surface area contributed by atoms with Crippen molar-refractivity contribution in [1.29, 1.82) is 0 Å². The summed E-state index contributed by atoms with van der Waals surface area (Å²) in [4.78, 5) is 16.1. The highest BCUT2D eigenvalue weighted by Gasteiger charge is 2.38. The SMILES string of the molecule is O=C(O)N1CCC(O)C1c1nccs1. The van der Waals surface area contributed by atoms with Gasteiger partial charge in [0.1, 0.15) is 11.0 Å². The molecule has 0 bridgehead atoms. The van der Waals surface area contributed by atoms with Gasteiger partial charge in [0, 0.05) is 18.1 Å². The quantitative estimate of drug-likeness (QED) is 0.729. The molecule has 76 valence electrons. The molecule has 6 heteroatoms. The predicted octanol–water partition coefficient (Wildman–Crippen LogP) is 0.929. The van der Waals surface area contributed by atoms with Gasteiger partial charge in [0.05, 0.1) is 6.10 Å². The van der Waals surface area contributed by atoms with Gasteiger partial charge in [-0.2, -0.15) is 0 Å². The van der Waals surface area contributed by atoms with Crippen LogP contribution in [0.2, 0.25) is 0 Å². The van der Waals surface area contributed by atoms with Gasteiger partial charge in [-0.05, 0) is 6.42 Å². The molecule has 1 aliphatic rings. The molecule has 1 amide bonds. The summed E-state index contributed by atoms with van der Waals surface area (Å²) in [7, 11) is 0. The lowest BCUT2D eigenvalue weighted by molar-refractivity contribution is 0.100. The van der Waals surface area contributed by atoms with Crippen LogP contribution in [0.25, 0.3) is 0 Å². The summed E-state index contributed by atoms with van der Waals surface area (Å²) >= 11 is 1.37. The topological polar surface area (TPSA) is 73.7 Å². The van der Waals surface area contributed by atoms with E-state index in [0.29, 0.717) is 18.0 Å². The molecule has 1 aromatic rings. The fraction of sp³-hybridized carbons (Fsp3) is 0.500. The second kappa shape index (κ2) is 3.55. The van der Waals surface area contributed by atoms with Gasteiger partial charge < -0.3 is 10.2 Å². The molecule has 2 unspecified atom stereocenters. The Morgan fingerprint density at radius 2 is 2.50 bits per heavy atom. The second-order valence-corrected chi connectivity index (χ2v) is 4.07. The molecule has 0 saturated carbocycles. The van der Waals surface area contributed by atoms with Crippen molar-refractivity contribution in [2.75, 3.05) is 6.54 Å². The monoisotopic (exact) mass is 214 g/mol. The fourth-order valence-corrected chi connectivity index (χ4v) is 2.48. The van der Waals surface area contributed by atoms with Gasteiger partial charge in [-0.1, -0.05) is 0 Å². The van der Waals surface area contributed by atoms with Gasteiger partial charge in [-0.15, -0.1) is 11.3 Å². The van der Waals surface area contributed by atoms with Crippen molar-refractivity contribution in [2.45, 2.75) is 18.6 Å². The van der Waals surface area contributed by atoms with E-state index < -0.39 is 18.2 Å². The molecule has 0 aromatic carbocycles. The number of nitrogens with zero attached hydrogens (tertiary/aromatic N) is 2. The van der Waals surface area contributed by atoms with Crippen LogP contribution >= 0.6 is 11.3 Å². The Balaban J connectivity index is 2.26.